The summed E-state index contributed by atoms with van der Waals surface area (Å²) in [4.78, 5) is 58.7. The van der Waals surface area contributed by atoms with Crippen LogP contribution in [-0.2, 0) is 40.1 Å². The van der Waals surface area contributed by atoms with Crippen LogP contribution in [0.3, 0.4) is 0 Å². The Morgan fingerprint density at radius 2 is 1.32 bits per heavy atom. The SMILES string of the molecule is CC(C)(C)OC(=O)CCC(=O)CCC(=O)CCC(=O)NCC(=O)OCc1ccccc1. The molecule has 0 saturated carbocycles. The molecule has 31 heavy (non-hydrogen) atoms. The Labute approximate surface area is 182 Å². The Hall–Kier alpha value is -3.03. The van der Waals surface area contributed by atoms with Gasteiger partial charge in [-0.3, -0.25) is 24.0 Å². The highest BCUT2D eigenvalue weighted by atomic mass is 16.6. The van der Waals surface area contributed by atoms with Crippen LogP contribution in [-0.4, -0.2) is 41.6 Å². The number of rotatable bonds is 13. The molecule has 8 nitrogen and oxygen atoms in total. The first-order chi connectivity index (χ1) is 14.5. The van der Waals surface area contributed by atoms with Gasteiger partial charge in [0, 0.05) is 32.1 Å². The molecule has 1 aromatic rings. The number of carbonyl (C=O) groups excluding carboxylic acids is 5. The number of amides is 1. The normalized spacial score (nSPS) is 10.8. The Kier molecular flexibility index (Phi) is 11.2. The molecule has 0 aromatic heterocycles. The van der Waals surface area contributed by atoms with Crippen molar-refractivity contribution in [3.63, 3.8) is 0 Å². The minimum atomic E-state index is -0.602. The van der Waals surface area contributed by atoms with Gasteiger partial charge in [-0.25, -0.2) is 0 Å². The second kappa shape index (κ2) is 13.3. The summed E-state index contributed by atoms with van der Waals surface area (Å²) >= 11 is 0. The molecule has 0 radical (unpaired) electrons. The molecular formula is C23H31NO7. The van der Waals surface area contributed by atoms with Crippen molar-refractivity contribution in [3.05, 3.63) is 35.9 Å². The van der Waals surface area contributed by atoms with Crippen LogP contribution in [0.15, 0.2) is 30.3 Å². The van der Waals surface area contributed by atoms with Gasteiger partial charge < -0.3 is 14.8 Å². The van der Waals surface area contributed by atoms with Crippen LogP contribution in [0.2, 0.25) is 0 Å². The second-order valence-corrected chi connectivity index (χ2v) is 8.09. The predicted molar refractivity (Wildman–Crippen MR) is 113 cm³/mol. The van der Waals surface area contributed by atoms with Crippen molar-refractivity contribution in [2.45, 2.75) is 71.5 Å². The standard InChI is InChI=1S/C23H31NO7/c1-23(2,3)31-21(28)14-12-19(26)10-9-18(25)11-13-20(27)24-15-22(29)30-16-17-7-5-4-6-8-17/h4-8H,9-16H2,1-3H3,(H,24,27). The number of esters is 2. The quantitative estimate of drug-likeness (QED) is 0.475. The molecule has 170 valence electrons. The largest absolute Gasteiger partial charge is 0.460 e. The third-order valence-electron chi connectivity index (χ3n) is 4.01. The van der Waals surface area contributed by atoms with E-state index in [9.17, 15) is 24.0 Å². The van der Waals surface area contributed by atoms with E-state index < -0.39 is 23.4 Å². The zero-order valence-corrected chi connectivity index (χ0v) is 18.4. The minimum Gasteiger partial charge on any atom is -0.460 e. The van der Waals surface area contributed by atoms with Crippen molar-refractivity contribution >= 4 is 29.4 Å². The van der Waals surface area contributed by atoms with Crippen molar-refractivity contribution in [2.75, 3.05) is 6.54 Å². The van der Waals surface area contributed by atoms with Gasteiger partial charge in [-0.15, -0.1) is 0 Å². The fourth-order valence-electron chi connectivity index (χ4n) is 2.46. The maximum atomic E-state index is 11.9. The summed E-state index contributed by atoms with van der Waals surface area (Å²) < 4.78 is 10.2. The maximum Gasteiger partial charge on any atom is 0.325 e. The summed E-state index contributed by atoms with van der Waals surface area (Å²) in [5, 5.41) is 2.41. The van der Waals surface area contributed by atoms with Crippen LogP contribution >= 0.6 is 0 Å². The summed E-state index contributed by atoms with van der Waals surface area (Å²) in [7, 11) is 0. The second-order valence-electron chi connectivity index (χ2n) is 8.09. The summed E-state index contributed by atoms with van der Waals surface area (Å²) in [6.45, 7) is 5.08. The smallest absolute Gasteiger partial charge is 0.325 e. The van der Waals surface area contributed by atoms with Gasteiger partial charge in [0.1, 0.15) is 30.3 Å². The number of benzene rings is 1. The van der Waals surface area contributed by atoms with Crippen LogP contribution in [0, 0.1) is 0 Å². The lowest BCUT2D eigenvalue weighted by molar-refractivity contribution is -0.155. The molecule has 1 N–H and O–H groups in total. The van der Waals surface area contributed by atoms with Crippen molar-refractivity contribution in [1.82, 2.24) is 5.32 Å². The van der Waals surface area contributed by atoms with Crippen LogP contribution < -0.4 is 5.32 Å². The van der Waals surface area contributed by atoms with Crippen molar-refractivity contribution in [1.29, 1.82) is 0 Å². The first-order valence-electron chi connectivity index (χ1n) is 10.3. The van der Waals surface area contributed by atoms with Gasteiger partial charge in [0.05, 0.1) is 6.42 Å². The summed E-state index contributed by atoms with van der Waals surface area (Å²) in [5.41, 5.74) is 0.239. The zero-order chi connectivity index (χ0) is 23.3. The van der Waals surface area contributed by atoms with E-state index in [0.717, 1.165) is 5.56 Å². The molecule has 0 heterocycles. The number of nitrogens with one attached hydrogen (secondary N) is 1. The Balaban J connectivity index is 2.12. The fraction of sp³-hybridized carbons (Fsp3) is 0.522. The Morgan fingerprint density at radius 3 is 1.90 bits per heavy atom. The lowest BCUT2D eigenvalue weighted by Gasteiger charge is -2.19. The first-order valence-corrected chi connectivity index (χ1v) is 10.3. The van der Waals surface area contributed by atoms with E-state index in [2.05, 4.69) is 5.32 Å². The molecule has 0 aliphatic carbocycles. The van der Waals surface area contributed by atoms with Gasteiger partial charge in [0.25, 0.3) is 0 Å². The zero-order valence-electron chi connectivity index (χ0n) is 18.4. The molecule has 0 bridgehead atoms. The lowest BCUT2D eigenvalue weighted by atomic mass is 10.1. The number of ether oxygens (including phenoxy) is 2. The van der Waals surface area contributed by atoms with Gasteiger partial charge in [0.2, 0.25) is 5.91 Å². The molecule has 0 fully saturated rings. The Morgan fingerprint density at radius 1 is 0.774 bits per heavy atom. The number of ketones is 2. The van der Waals surface area contributed by atoms with E-state index in [4.69, 9.17) is 9.47 Å². The highest BCUT2D eigenvalue weighted by Gasteiger charge is 2.17. The van der Waals surface area contributed by atoms with Crippen molar-refractivity contribution in [2.24, 2.45) is 0 Å². The van der Waals surface area contributed by atoms with E-state index in [1.165, 1.54) is 0 Å². The third-order valence-corrected chi connectivity index (χ3v) is 4.01. The monoisotopic (exact) mass is 433 g/mol. The lowest BCUT2D eigenvalue weighted by Crippen LogP contribution is -2.30. The molecule has 8 heteroatoms. The molecular weight excluding hydrogens is 402 g/mol. The average molecular weight is 434 g/mol. The average Bonchev–Trinajstić information content (AvgIpc) is 2.71. The molecule has 1 aromatic carbocycles. The fourth-order valence-corrected chi connectivity index (χ4v) is 2.46. The van der Waals surface area contributed by atoms with Crippen LogP contribution in [0.25, 0.3) is 0 Å². The van der Waals surface area contributed by atoms with Gasteiger partial charge in [-0.2, -0.15) is 0 Å². The molecule has 1 amide bonds. The van der Waals surface area contributed by atoms with Crippen LogP contribution in [0.4, 0.5) is 0 Å². The van der Waals surface area contributed by atoms with E-state index >= 15 is 0 Å². The van der Waals surface area contributed by atoms with Crippen LogP contribution in [0.1, 0.15) is 64.9 Å². The maximum absolute atomic E-state index is 11.9. The highest BCUT2D eigenvalue weighted by Crippen LogP contribution is 2.10. The van der Waals surface area contributed by atoms with Crippen LogP contribution in [0.5, 0.6) is 0 Å². The molecule has 0 aliphatic heterocycles. The summed E-state index contributed by atoms with van der Waals surface area (Å²) in [6, 6.07) is 9.15. The Bertz CT molecular complexity index is 766. The van der Waals surface area contributed by atoms with Gasteiger partial charge in [0.15, 0.2) is 0 Å². The molecule has 0 spiro atoms. The van der Waals surface area contributed by atoms with Gasteiger partial charge in [-0.1, -0.05) is 30.3 Å². The summed E-state index contributed by atoms with van der Waals surface area (Å²) in [6.07, 6.45) is -0.0589. The number of Topliss-reactive ketones (excluding diaryl/α,β-unsaturated/α-hetero) is 2. The molecule has 0 unspecified atom stereocenters. The molecule has 0 aliphatic rings. The first kappa shape index (κ1) is 26.0. The van der Waals surface area contributed by atoms with Crippen molar-refractivity contribution < 1.29 is 33.4 Å². The third kappa shape index (κ3) is 13.8. The van der Waals surface area contributed by atoms with Gasteiger partial charge in [-0.05, 0) is 26.3 Å². The van der Waals surface area contributed by atoms with E-state index in [1.54, 1.807) is 20.8 Å². The number of carbonyl (C=O) groups is 5. The van der Waals surface area contributed by atoms with E-state index in [-0.39, 0.29) is 63.2 Å². The topological polar surface area (TPSA) is 116 Å². The van der Waals surface area contributed by atoms with Gasteiger partial charge >= 0.3 is 11.9 Å². The predicted octanol–water partition coefficient (Wildman–Crippen LogP) is 2.67. The van der Waals surface area contributed by atoms with Crippen molar-refractivity contribution in [3.8, 4) is 0 Å². The number of hydrogen-bond donors (Lipinski definition) is 1. The summed E-state index contributed by atoms with van der Waals surface area (Å²) in [5.74, 6) is -1.90. The van der Waals surface area contributed by atoms with E-state index in [1.807, 2.05) is 30.3 Å². The molecule has 0 atom stereocenters. The molecule has 1 rings (SSSR count). The number of hydrogen-bond acceptors (Lipinski definition) is 7. The highest BCUT2D eigenvalue weighted by molar-refractivity contribution is 5.90. The molecule has 0 saturated heterocycles. The van der Waals surface area contributed by atoms with E-state index in [0.29, 0.717) is 0 Å². The minimum absolute atomic E-state index is 0.0134.